The number of nitrogens with one attached hydrogen (secondary N) is 4. The fourth-order valence-electron chi connectivity index (χ4n) is 9.68. The predicted octanol–water partition coefficient (Wildman–Crippen LogP) is 7.43. The molecule has 0 aliphatic carbocycles. The molecule has 0 radical (unpaired) electrons. The first-order valence-electron chi connectivity index (χ1n) is 24.4. The van der Waals surface area contributed by atoms with Gasteiger partial charge in [-0.15, -0.1) is 24.8 Å². The molecule has 7 aromatic rings. The Bertz CT molecular complexity index is 3100. The van der Waals surface area contributed by atoms with E-state index in [9.17, 15) is 19.2 Å². The van der Waals surface area contributed by atoms with Crippen LogP contribution in [-0.4, -0.2) is 101 Å². The van der Waals surface area contributed by atoms with Gasteiger partial charge in [-0.2, -0.15) is 0 Å². The third-order valence-electron chi connectivity index (χ3n) is 14.0. The number of methoxy groups -OCH3 is 2. The minimum Gasteiger partial charge on any atom is -0.496 e. The number of fused-ring (bicyclic) bond motifs is 4. The van der Waals surface area contributed by atoms with Gasteiger partial charge in [0.15, 0.2) is 0 Å². The molecule has 9 rings (SSSR count). The standard InChI is InChI=1S/C58H58N8O8.2ClH/c1-35(59-3)53(67)61-45-33-65(49-21-13-11-19-47(49)63(57(45)71)31-43-41-17-9-7-15-37(41)27-29-51(43)73-5)55(69)39-23-25-40(26-24-39)56(70)66-34-46(62-54(68)36(2)60-4)58(72)64(48-20-12-14-22-50(48)66)32-44-42-18-10-8-16-38(42)28-30-52(44)74-6;;/h7-30,35-36,45-46,59-60H,31-34H2,1-6H3,(H,61,67)(H,62,68);2*1H/t35-,36-,45-,46-;;/m0../s1. The number of carbonyl (C=O) groups excluding carboxylic acids is 6. The Balaban J connectivity index is 0.00000420. The highest BCUT2D eigenvalue weighted by molar-refractivity contribution is 6.15. The van der Waals surface area contributed by atoms with Gasteiger partial charge in [0.2, 0.25) is 11.8 Å². The molecule has 0 fully saturated rings. The van der Waals surface area contributed by atoms with Gasteiger partial charge >= 0.3 is 0 Å². The largest absolute Gasteiger partial charge is 0.496 e. The molecule has 2 aliphatic rings. The maximum atomic E-state index is 15.0. The fraction of sp³-hybridized carbons (Fsp3) is 0.241. The average Bonchev–Trinajstić information content (AvgIpc) is 3.63. The molecule has 0 aromatic heterocycles. The van der Waals surface area contributed by atoms with E-state index in [-0.39, 0.29) is 62.1 Å². The van der Waals surface area contributed by atoms with Gasteiger partial charge in [0.05, 0.1) is 75.2 Å². The van der Waals surface area contributed by atoms with E-state index >= 15 is 9.59 Å². The summed E-state index contributed by atoms with van der Waals surface area (Å²) >= 11 is 0. The Hall–Kier alpha value is -8.02. The van der Waals surface area contributed by atoms with Crippen molar-refractivity contribution in [2.75, 3.05) is 61.0 Å². The van der Waals surface area contributed by atoms with Crippen molar-refractivity contribution in [1.82, 2.24) is 21.3 Å². The number of amides is 6. The van der Waals surface area contributed by atoms with E-state index in [1.54, 1.807) is 125 Å². The van der Waals surface area contributed by atoms with Crippen LogP contribution in [0, 0.1) is 0 Å². The monoisotopic (exact) mass is 1070 g/mol. The fourth-order valence-corrected chi connectivity index (χ4v) is 9.68. The second-order valence-electron chi connectivity index (χ2n) is 18.3. The Morgan fingerprint density at radius 1 is 0.500 bits per heavy atom. The number of halogens is 2. The zero-order chi connectivity index (χ0) is 52.2. The number of anilines is 4. The van der Waals surface area contributed by atoms with Gasteiger partial charge in [-0.05, 0) is 110 Å². The van der Waals surface area contributed by atoms with Crippen LogP contribution >= 0.6 is 24.8 Å². The highest BCUT2D eigenvalue weighted by Gasteiger charge is 2.40. The van der Waals surface area contributed by atoms with Crippen LogP contribution < -0.4 is 50.3 Å². The molecule has 0 unspecified atom stereocenters. The number of para-hydroxylation sites is 4. The molecule has 0 saturated carbocycles. The lowest BCUT2D eigenvalue weighted by Gasteiger charge is -2.27. The molecule has 2 heterocycles. The van der Waals surface area contributed by atoms with Crippen molar-refractivity contribution in [3.05, 3.63) is 168 Å². The molecule has 18 heteroatoms. The van der Waals surface area contributed by atoms with Gasteiger partial charge in [-0.1, -0.05) is 84.9 Å². The molecule has 0 spiro atoms. The number of benzene rings is 7. The Kier molecular flexibility index (Phi) is 17.7. The SMILES string of the molecule is CN[C@@H](C)C(=O)N[C@H]1CN(C(=O)c2ccc(C(=O)N3C[C@H](NC(=O)[C@H](C)NC)C(=O)N(Cc4c(OC)ccc5ccccc45)c4ccccc43)cc2)c2ccccc2N(Cc2c(OC)ccc3ccccc23)C1=O.Cl.Cl. The molecule has 6 amide bonds. The van der Waals surface area contributed by atoms with Crippen molar-refractivity contribution in [2.45, 2.75) is 51.1 Å². The Morgan fingerprint density at radius 3 is 1.20 bits per heavy atom. The molecule has 76 heavy (non-hydrogen) atoms. The third-order valence-corrected chi connectivity index (χ3v) is 14.0. The first kappa shape index (κ1) is 55.7. The van der Waals surface area contributed by atoms with Crippen LogP contribution in [-0.2, 0) is 32.3 Å². The second kappa shape index (κ2) is 24.1. The quantitative estimate of drug-likeness (QED) is 0.0856. The molecule has 7 aromatic carbocycles. The van der Waals surface area contributed by atoms with Crippen LogP contribution in [0.3, 0.4) is 0 Å². The third kappa shape index (κ3) is 10.9. The van der Waals surface area contributed by atoms with E-state index in [1.165, 1.54) is 9.80 Å². The van der Waals surface area contributed by atoms with Gasteiger partial charge in [0.1, 0.15) is 23.6 Å². The lowest BCUT2D eigenvalue weighted by atomic mass is 10.0. The minimum absolute atomic E-state index is 0. The number of hydrogen-bond acceptors (Lipinski definition) is 10. The van der Waals surface area contributed by atoms with E-state index in [1.807, 2.05) is 72.8 Å². The molecule has 2 aliphatic heterocycles. The lowest BCUT2D eigenvalue weighted by molar-refractivity contribution is -0.128. The Morgan fingerprint density at radius 2 is 0.842 bits per heavy atom. The summed E-state index contributed by atoms with van der Waals surface area (Å²) in [4.78, 5) is 93.1. The highest BCUT2D eigenvalue weighted by Crippen LogP contribution is 2.40. The maximum Gasteiger partial charge on any atom is 0.258 e. The van der Waals surface area contributed by atoms with Gasteiger partial charge in [0.25, 0.3) is 23.6 Å². The first-order chi connectivity index (χ1) is 35.8. The van der Waals surface area contributed by atoms with Crippen LogP contribution in [0.1, 0.15) is 45.7 Å². The Labute approximate surface area is 453 Å². The second-order valence-corrected chi connectivity index (χ2v) is 18.3. The predicted molar refractivity (Wildman–Crippen MR) is 301 cm³/mol. The normalized spacial score (nSPS) is 16.0. The van der Waals surface area contributed by atoms with Gasteiger partial charge in [0, 0.05) is 22.3 Å². The molecule has 4 atom stereocenters. The summed E-state index contributed by atoms with van der Waals surface area (Å²) < 4.78 is 11.7. The van der Waals surface area contributed by atoms with E-state index in [0.29, 0.717) is 34.2 Å². The maximum absolute atomic E-state index is 15.0. The van der Waals surface area contributed by atoms with Gasteiger partial charge < -0.3 is 50.3 Å². The number of ether oxygens (including phenoxy) is 2. The lowest BCUT2D eigenvalue weighted by Crippen LogP contribution is -2.55. The average molecular weight is 1070 g/mol. The van der Waals surface area contributed by atoms with E-state index in [4.69, 9.17) is 9.47 Å². The number of rotatable bonds is 14. The van der Waals surface area contributed by atoms with E-state index in [0.717, 1.165) is 32.7 Å². The van der Waals surface area contributed by atoms with Crippen LogP contribution in [0.2, 0.25) is 0 Å². The van der Waals surface area contributed by atoms with Crippen LogP contribution in [0.5, 0.6) is 11.5 Å². The summed E-state index contributed by atoms with van der Waals surface area (Å²) in [5.41, 5.74) is 3.65. The summed E-state index contributed by atoms with van der Waals surface area (Å²) in [7, 11) is 6.43. The molecule has 0 bridgehead atoms. The first-order valence-corrected chi connectivity index (χ1v) is 24.4. The zero-order valence-electron chi connectivity index (χ0n) is 42.9. The van der Waals surface area contributed by atoms with Crippen molar-refractivity contribution in [3.63, 3.8) is 0 Å². The molecule has 4 N–H and O–H groups in total. The summed E-state index contributed by atoms with van der Waals surface area (Å²) in [5, 5.41) is 15.3. The smallest absolute Gasteiger partial charge is 0.258 e. The van der Waals surface area contributed by atoms with Gasteiger partial charge in [-0.25, -0.2) is 0 Å². The highest BCUT2D eigenvalue weighted by atomic mass is 35.5. The zero-order valence-corrected chi connectivity index (χ0v) is 44.5. The molecular formula is C58H60Cl2N8O8. The van der Waals surface area contributed by atoms with E-state index < -0.39 is 59.6 Å². The van der Waals surface area contributed by atoms with Crippen LogP contribution in [0.15, 0.2) is 146 Å². The molecular weight excluding hydrogens is 1010 g/mol. The van der Waals surface area contributed by atoms with Crippen molar-refractivity contribution in [1.29, 1.82) is 0 Å². The minimum atomic E-state index is -1.17. The van der Waals surface area contributed by atoms with Crippen LogP contribution in [0.25, 0.3) is 21.5 Å². The molecule has 16 nitrogen and oxygen atoms in total. The summed E-state index contributed by atoms with van der Waals surface area (Å²) in [5.74, 6) is -1.54. The summed E-state index contributed by atoms with van der Waals surface area (Å²) in [6.07, 6.45) is 0. The van der Waals surface area contributed by atoms with Crippen LogP contribution in [0.4, 0.5) is 22.7 Å². The summed E-state index contributed by atoms with van der Waals surface area (Å²) in [6.45, 7) is 3.06. The topological polar surface area (TPSA) is 182 Å². The number of nitrogens with zero attached hydrogens (tertiary/aromatic N) is 4. The molecule has 394 valence electrons. The van der Waals surface area contributed by atoms with E-state index in [2.05, 4.69) is 21.3 Å². The van der Waals surface area contributed by atoms with Gasteiger partial charge in [-0.3, -0.25) is 28.8 Å². The number of carbonyl (C=O) groups is 6. The van der Waals surface area contributed by atoms with Crippen molar-refractivity contribution < 1.29 is 38.2 Å². The van der Waals surface area contributed by atoms with Crippen molar-refractivity contribution in [3.8, 4) is 11.5 Å². The number of hydrogen-bond donors (Lipinski definition) is 4. The van der Waals surface area contributed by atoms with Crippen molar-refractivity contribution >= 4 is 105 Å². The summed E-state index contributed by atoms with van der Waals surface area (Å²) in [6, 6.07) is 39.9. The number of likely N-dealkylation sites (N-methyl/N-ethyl adjacent to an activating group) is 2. The molecule has 0 saturated heterocycles. The van der Waals surface area contributed by atoms with Crippen molar-refractivity contribution in [2.24, 2.45) is 0 Å².